The predicted octanol–water partition coefficient (Wildman–Crippen LogP) is 2.91. The Kier molecular flexibility index (Phi) is 5.92. The van der Waals surface area contributed by atoms with Gasteiger partial charge in [0.25, 0.3) is 5.91 Å². The van der Waals surface area contributed by atoms with Gasteiger partial charge < -0.3 is 14.6 Å². The molecule has 6 heteroatoms. The SMILES string of the molecule is O=C(NC[C@H](c1ccco1)[NH+]1CCCC1)c1ccc(C2SCCS2)cc1. The van der Waals surface area contributed by atoms with E-state index in [1.165, 1.54) is 34.8 Å². The molecule has 2 aliphatic rings. The maximum Gasteiger partial charge on any atom is 0.251 e. The van der Waals surface area contributed by atoms with Gasteiger partial charge in [-0.05, 0) is 29.8 Å². The summed E-state index contributed by atoms with van der Waals surface area (Å²) in [5.41, 5.74) is 2.04. The second kappa shape index (κ2) is 8.55. The van der Waals surface area contributed by atoms with Crippen LogP contribution in [0, 0.1) is 0 Å². The second-order valence-corrected chi connectivity index (χ2v) is 9.56. The number of rotatable bonds is 6. The van der Waals surface area contributed by atoms with E-state index in [0.717, 1.165) is 24.4 Å². The standard InChI is InChI=1S/C20H24N2O2S2/c23-19(15-5-7-16(8-6-15)20-25-12-13-26-20)21-14-17(18-4-3-11-24-18)22-9-1-2-10-22/h3-8,11,17,20H,1-2,9-10,12-14H2,(H,21,23)/p+1/t17-/m1/s1. The summed E-state index contributed by atoms with van der Waals surface area (Å²) < 4.78 is 6.16. The molecule has 0 saturated carbocycles. The number of furan rings is 1. The monoisotopic (exact) mass is 389 g/mol. The van der Waals surface area contributed by atoms with Gasteiger partial charge in [0.05, 0.1) is 30.5 Å². The third kappa shape index (κ3) is 4.13. The molecule has 2 aromatic rings. The Morgan fingerprint density at radius 2 is 1.88 bits per heavy atom. The van der Waals surface area contributed by atoms with Crippen molar-refractivity contribution < 1.29 is 14.1 Å². The highest BCUT2D eigenvalue weighted by atomic mass is 32.2. The lowest BCUT2D eigenvalue weighted by Crippen LogP contribution is -3.11. The number of hydrogen-bond donors (Lipinski definition) is 2. The van der Waals surface area contributed by atoms with E-state index in [1.807, 2.05) is 47.8 Å². The molecule has 1 aromatic carbocycles. The zero-order valence-corrected chi connectivity index (χ0v) is 16.4. The minimum Gasteiger partial charge on any atom is -0.463 e. The Balaban J connectivity index is 1.38. The van der Waals surface area contributed by atoms with E-state index in [0.29, 0.717) is 11.1 Å². The topological polar surface area (TPSA) is 46.7 Å². The van der Waals surface area contributed by atoms with Crippen molar-refractivity contribution in [2.45, 2.75) is 23.5 Å². The Morgan fingerprint density at radius 1 is 1.15 bits per heavy atom. The van der Waals surface area contributed by atoms with E-state index in [4.69, 9.17) is 4.42 Å². The van der Waals surface area contributed by atoms with Crippen LogP contribution in [-0.2, 0) is 0 Å². The largest absolute Gasteiger partial charge is 0.463 e. The Hall–Kier alpha value is -1.37. The molecule has 1 amide bonds. The molecule has 138 valence electrons. The molecule has 1 aromatic heterocycles. The minimum absolute atomic E-state index is 0.00145. The summed E-state index contributed by atoms with van der Waals surface area (Å²) >= 11 is 3.97. The van der Waals surface area contributed by atoms with Crippen LogP contribution in [0.2, 0.25) is 0 Å². The van der Waals surface area contributed by atoms with Gasteiger partial charge in [-0.25, -0.2) is 0 Å². The first kappa shape index (κ1) is 18.0. The van der Waals surface area contributed by atoms with Crippen molar-refractivity contribution in [2.24, 2.45) is 0 Å². The number of carbonyl (C=O) groups excluding carboxylic acids is 1. The molecule has 4 nitrogen and oxygen atoms in total. The van der Waals surface area contributed by atoms with Crippen molar-refractivity contribution in [3.63, 3.8) is 0 Å². The number of benzene rings is 1. The molecule has 1 atom stereocenters. The number of amides is 1. The van der Waals surface area contributed by atoms with Crippen LogP contribution >= 0.6 is 23.5 Å². The van der Waals surface area contributed by atoms with Crippen molar-refractivity contribution in [1.82, 2.24) is 5.32 Å². The van der Waals surface area contributed by atoms with Gasteiger partial charge in [-0.15, -0.1) is 23.5 Å². The fraction of sp³-hybridized carbons (Fsp3) is 0.450. The molecule has 2 fully saturated rings. The summed E-state index contributed by atoms with van der Waals surface area (Å²) in [5, 5.41) is 3.12. The molecular weight excluding hydrogens is 364 g/mol. The molecule has 2 aliphatic heterocycles. The molecular formula is C20H25N2O2S2+. The number of thioether (sulfide) groups is 2. The van der Waals surface area contributed by atoms with Crippen molar-refractivity contribution in [3.8, 4) is 0 Å². The van der Waals surface area contributed by atoms with Crippen LogP contribution < -0.4 is 10.2 Å². The second-order valence-electron chi connectivity index (χ2n) is 6.84. The fourth-order valence-electron chi connectivity index (χ4n) is 3.75. The van der Waals surface area contributed by atoms with Crippen molar-refractivity contribution in [1.29, 1.82) is 0 Å². The van der Waals surface area contributed by atoms with E-state index in [9.17, 15) is 4.79 Å². The van der Waals surface area contributed by atoms with Gasteiger partial charge in [-0.3, -0.25) is 4.79 Å². The molecule has 0 radical (unpaired) electrons. The van der Waals surface area contributed by atoms with E-state index >= 15 is 0 Å². The number of likely N-dealkylation sites (tertiary alicyclic amines) is 1. The summed E-state index contributed by atoms with van der Waals surface area (Å²) in [4.78, 5) is 14.1. The van der Waals surface area contributed by atoms with E-state index in [-0.39, 0.29) is 11.9 Å². The van der Waals surface area contributed by atoms with Crippen LogP contribution in [0.5, 0.6) is 0 Å². The molecule has 0 spiro atoms. The van der Waals surface area contributed by atoms with Gasteiger partial charge in [0.15, 0.2) is 11.8 Å². The molecule has 3 heterocycles. The van der Waals surface area contributed by atoms with Gasteiger partial charge in [0, 0.05) is 29.9 Å². The molecule has 2 saturated heterocycles. The highest BCUT2D eigenvalue weighted by molar-refractivity contribution is 8.19. The molecule has 0 aliphatic carbocycles. The Bertz CT molecular complexity index is 706. The van der Waals surface area contributed by atoms with Gasteiger partial charge in [0.1, 0.15) is 0 Å². The third-order valence-corrected chi connectivity index (χ3v) is 8.26. The normalized spacial score (nSPS) is 19.7. The molecule has 4 rings (SSSR count). The van der Waals surface area contributed by atoms with Gasteiger partial charge in [-0.1, -0.05) is 12.1 Å². The minimum atomic E-state index is -0.00145. The highest BCUT2D eigenvalue weighted by Crippen LogP contribution is 2.45. The zero-order valence-electron chi connectivity index (χ0n) is 14.8. The quantitative estimate of drug-likeness (QED) is 0.798. The first-order valence-corrected chi connectivity index (χ1v) is 11.4. The Morgan fingerprint density at radius 3 is 2.54 bits per heavy atom. The van der Waals surface area contributed by atoms with Crippen LogP contribution in [0.25, 0.3) is 0 Å². The molecule has 0 bridgehead atoms. The third-order valence-electron chi connectivity index (χ3n) is 5.16. The lowest BCUT2D eigenvalue weighted by molar-refractivity contribution is -0.919. The fourth-order valence-corrected chi connectivity index (χ4v) is 6.61. The van der Waals surface area contributed by atoms with Crippen LogP contribution in [0.15, 0.2) is 47.1 Å². The lowest BCUT2D eigenvalue weighted by Gasteiger charge is -2.23. The lowest BCUT2D eigenvalue weighted by atomic mass is 10.1. The number of nitrogens with one attached hydrogen (secondary N) is 2. The summed E-state index contributed by atoms with van der Waals surface area (Å²) in [5.74, 6) is 3.39. The van der Waals surface area contributed by atoms with Crippen molar-refractivity contribution in [3.05, 3.63) is 59.5 Å². The zero-order chi connectivity index (χ0) is 17.8. The summed E-state index contributed by atoms with van der Waals surface area (Å²) in [7, 11) is 0. The van der Waals surface area contributed by atoms with Crippen LogP contribution in [0.4, 0.5) is 0 Å². The van der Waals surface area contributed by atoms with E-state index in [2.05, 4.69) is 17.4 Å². The van der Waals surface area contributed by atoms with Gasteiger partial charge >= 0.3 is 0 Å². The van der Waals surface area contributed by atoms with Crippen LogP contribution in [0.3, 0.4) is 0 Å². The Labute approximate surface area is 163 Å². The summed E-state index contributed by atoms with van der Waals surface area (Å²) in [6.07, 6.45) is 4.22. The average molecular weight is 390 g/mol. The number of hydrogen-bond acceptors (Lipinski definition) is 4. The summed E-state index contributed by atoms with van der Waals surface area (Å²) in [6.45, 7) is 2.90. The van der Waals surface area contributed by atoms with Crippen molar-refractivity contribution in [2.75, 3.05) is 31.1 Å². The average Bonchev–Trinajstić information content (AvgIpc) is 3.45. The van der Waals surface area contributed by atoms with Crippen LogP contribution in [-0.4, -0.2) is 37.0 Å². The van der Waals surface area contributed by atoms with Gasteiger partial charge in [-0.2, -0.15) is 0 Å². The number of quaternary nitrogens is 1. The summed E-state index contributed by atoms with van der Waals surface area (Å²) in [6, 6.07) is 12.2. The van der Waals surface area contributed by atoms with E-state index in [1.54, 1.807) is 6.26 Å². The number of carbonyl (C=O) groups is 1. The first-order valence-electron chi connectivity index (χ1n) is 9.30. The molecule has 0 unspecified atom stereocenters. The first-order chi connectivity index (χ1) is 12.8. The highest BCUT2D eigenvalue weighted by Gasteiger charge is 2.29. The molecule has 26 heavy (non-hydrogen) atoms. The van der Waals surface area contributed by atoms with Gasteiger partial charge in [0.2, 0.25) is 0 Å². The smallest absolute Gasteiger partial charge is 0.251 e. The molecule has 2 N–H and O–H groups in total. The van der Waals surface area contributed by atoms with E-state index < -0.39 is 0 Å². The maximum atomic E-state index is 12.6. The van der Waals surface area contributed by atoms with Crippen LogP contribution in [0.1, 0.15) is 45.1 Å². The predicted molar refractivity (Wildman–Crippen MR) is 108 cm³/mol. The maximum absolute atomic E-state index is 12.6. The van der Waals surface area contributed by atoms with Crippen molar-refractivity contribution >= 4 is 29.4 Å².